The predicted octanol–water partition coefficient (Wildman–Crippen LogP) is 1.26. The van der Waals surface area contributed by atoms with Gasteiger partial charge in [0, 0.05) is 0 Å². The first-order valence-corrected chi connectivity index (χ1v) is 4.35. The summed E-state index contributed by atoms with van der Waals surface area (Å²) in [4.78, 5) is 4.10. The number of rotatable bonds is 1. The quantitative estimate of drug-likeness (QED) is 0.647. The molecule has 0 unspecified atom stereocenters. The fourth-order valence-corrected chi connectivity index (χ4v) is 1.40. The standard InChI is InChI=1S/C9H6FN5/c10-7-4-2-1-3-6(7)8-12-9-13-11-5-15(9)14-8/h1-5H,(H,12,13,14). The predicted molar refractivity (Wildman–Crippen MR) is 50.5 cm³/mol. The van der Waals surface area contributed by atoms with Crippen LogP contribution < -0.4 is 0 Å². The molecular weight excluding hydrogens is 197 g/mol. The monoisotopic (exact) mass is 203 g/mol. The molecule has 15 heavy (non-hydrogen) atoms. The normalized spacial score (nSPS) is 11.0. The SMILES string of the molecule is Fc1ccccc1-c1nc2nncn2[nH]1. The minimum absolute atomic E-state index is 0.317. The number of aromatic nitrogens is 5. The van der Waals surface area contributed by atoms with Gasteiger partial charge in [-0.1, -0.05) is 12.1 Å². The molecule has 0 aliphatic rings. The van der Waals surface area contributed by atoms with Gasteiger partial charge in [0.2, 0.25) is 0 Å². The largest absolute Gasteiger partial charge is 0.273 e. The van der Waals surface area contributed by atoms with Crippen molar-refractivity contribution >= 4 is 5.78 Å². The second-order valence-corrected chi connectivity index (χ2v) is 3.05. The zero-order chi connectivity index (χ0) is 10.3. The maximum absolute atomic E-state index is 13.4. The summed E-state index contributed by atoms with van der Waals surface area (Å²) in [5.41, 5.74) is 0.419. The molecular formula is C9H6FN5. The lowest BCUT2D eigenvalue weighted by molar-refractivity contribution is 0.630. The fourth-order valence-electron chi connectivity index (χ4n) is 1.40. The Morgan fingerprint density at radius 1 is 1.27 bits per heavy atom. The third kappa shape index (κ3) is 1.18. The molecule has 0 aliphatic carbocycles. The second kappa shape index (κ2) is 2.88. The van der Waals surface area contributed by atoms with Crippen molar-refractivity contribution in [2.45, 2.75) is 0 Å². The molecule has 0 spiro atoms. The fraction of sp³-hybridized carbons (Fsp3) is 0. The van der Waals surface area contributed by atoms with Crippen molar-refractivity contribution in [2.24, 2.45) is 0 Å². The number of fused-ring (bicyclic) bond motifs is 1. The maximum atomic E-state index is 13.4. The average Bonchev–Trinajstić information content (AvgIpc) is 2.77. The molecule has 0 atom stereocenters. The van der Waals surface area contributed by atoms with Gasteiger partial charge < -0.3 is 0 Å². The van der Waals surface area contributed by atoms with Crippen molar-refractivity contribution < 1.29 is 4.39 Å². The van der Waals surface area contributed by atoms with Crippen LogP contribution in [0.15, 0.2) is 30.6 Å². The Morgan fingerprint density at radius 3 is 2.93 bits per heavy atom. The summed E-state index contributed by atoms with van der Waals surface area (Å²) in [5, 5.41) is 10.3. The third-order valence-electron chi connectivity index (χ3n) is 2.10. The molecule has 3 aromatic rings. The molecule has 1 N–H and O–H groups in total. The van der Waals surface area contributed by atoms with Gasteiger partial charge in [-0.15, -0.1) is 10.2 Å². The van der Waals surface area contributed by atoms with Crippen molar-refractivity contribution in [2.75, 3.05) is 0 Å². The van der Waals surface area contributed by atoms with Gasteiger partial charge in [0.25, 0.3) is 5.78 Å². The third-order valence-corrected chi connectivity index (χ3v) is 2.10. The maximum Gasteiger partial charge on any atom is 0.271 e. The Labute approximate surface area is 83.6 Å². The van der Waals surface area contributed by atoms with E-state index in [0.29, 0.717) is 17.2 Å². The van der Waals surface area contributed by atoms with Gasteiger partial charge in [-0.2, -0.15) is 4.98 Å². The molecule has 0 aliphatic heterocycles. The van der Waals surface area contributed by atoms with Crippen molar-refractivity contribution in [3.63, 3.8) is 0 Å². The highest BCUT2D eigenvalue weighted by Gasteiger charge is 2.09. The van der Waals surface area contributed by atoms with E-state index in [-0.39, 0.29) is 5.82 Å². The summed E-state index contributed by atoms with van der Waals surface area (Å²) in [7, 11) is 0. The van der Waals surface area contributed by atoms with Gasteiger partial charge in [-0.3, -0.25) is 5.10 Å². The van der Waals surface area contributed by atoms with E-state index in [0.717, 1.165) is 0 Å². The smallest absolute Gasteiger partial charge is 0.271 e. The lowest BCUT2D eigenvalue weighted by Gasteiger charge is -1.96. The van der Waals surface area contributed by atoms with Crippen molar-refractivity contribution in [3.8, 4) is 11.4 Å². The van der Waals surface area contributed by atoms with Gasteiger partial charge in [0.05, 0.1) is 5.56 Å². The summed E-state index contributed by atoms with van der Waals surface area (Å²) >= 11 is 0. The average molecular weight is 203 g/mol. The molecule has 74 valence electrons. The lowest BCUT2D eigenvalue weighted by Crippen LogP contribution is -1.87. The van der Waals surface area contributed by atoms with E-state index in [1.165, 1.54) is 16.9 Å². The number of hydrogen-bond acceptors (Lipinski definition) is 3. The Morgan fingerprint density at radius 2 is 2.13 bits per heavy atom. The Balaban J connectivity index is 2.22. The van der Waals surface area contributed by atoms with E-state index in [4.69, 9.17) is 0 Å². The number of nitrogens with zero attached hydrogens (tertiary/aromatic N) is 4. The van der Waals surface area contributed by atoms with Crippen LogP contribution in [-0.4, -0.2) is 24.8 Å². The highest BCUT2D eigenvalue weighted by molar-refractivity contribution is 5.57. The highest BCUT2D eigenvalue weighted by Crippen LogP contribution is 2.18. The Bertz CT molecular complexity index is 583. The van der Waals surface area contributed by atoms with Gasteiger partial charge in [-0.05, 0) is 12.1 Å². The summed E-state index contributed by atoms with van der Waals surface area (Å²) < 4.78 is 14.9. The molecule has 0 saturated carbocycles. The number of hydrogen-bond donors (Lipinski definition) is 1. The van der Waals surface area contributed by atoms with Crippen LogP contribution in [0, 0.1) is 5.82 Å². The van der Waals surface area contributed by atoms with Crippen LogP contribution in [0.25, 0.3) is 17.2 Å². The minimum Gasteiger partial charge on any atom is -0.273 e. The molecule has 5 nitrogen and oxygen atoms in total. The van der Waals surface area contributed by atoms with E-state index in [1.54, 1.807) is 18.2 Å². The van der Waals surface area contributed by atoms with Crippen molar-refractivity contribution in [1.29, 1.82) is 0 Å². The second-order valence-electron chi connectivity index (χ2n) is 3.05. The topological polar surface area (TPSA) is 58.9 Å². The van der Waals surface area contributed by atoms with Crippen LogP contribution in [0.3, 0.4) is 0 Å². The highest BCUT2D eigenvalue weighted by atomic mass is 19.1. The molecule has 0 amide bonds. The van der Waals surface area contributed by atoms with E-state index < -0.39 is 0 Å². The molecule has 0 fully saturated rings. The molecule has 0 bridgehead atoms. The number of nitrogens with one attached hydrogen (secondary N) is 1. The zero-order valence-electron chi connectivity index (χ0n) is 7.55. The lowest BCUT2D eigenvalue weighted by atomic mass is 10.2. The summed E-state index contributed by atoms with van der Waals surface area (Å²) in [6.07, 6.45) is 1.48. The van der Waals surface area contributed by atoms with Crippen LogP contribution in [0.5, 0.6) is 0 Å². The molecule has 1 aromatic carbocycles. The molecule has 2 aromatic heterocycles. The molecule has 0 saturated heterocycles. The van der Waals surface area contributed by atoms with Crippen molar-refractivity contribution in [1.82, 2.24) is 24.8 Å². The Hall–Kier alpha value is -2.24. The zero-order valence-corrected chi connectivity index (χ0v) is 7.55. The van der Waals surface area contributed by atoms with Crippen LogP contribution in [0.4, 0.5) is 4.39 Å². The summed E-state index contributed by atoms with van der Waals surface area (Å²) in [6.45, 7) is 0. The summed E-state index contributed by atoms with van der Waals surface area (Å²) in [5.74, 6) is 0.550. The van der Waals surface area contributed by atoms with E-state index in [1.807, 2.05) is 0 Å². The molecule has 6 heteroatoms. The van der Waals surface area contributed by atoms with Crippen LogP contribution >= 0.6 is 0 Å². The molecule has 3 rings (SSSR count). The Kier molecular flexibility index (Phi) is 1.55. The first-order chi connectivity index (χ1) is 7.34. The number of H-pyrrole nitrogens is 1. The summed E-state index contributed by atoms with van der Waals surface area (Å²) in [6, 6.07) is 6.43. The van der Waals surface area contributed by atoms with E-state index in [9.17, 15) is 4.39 Å². The van der Waals surface area contributed by atoms with Crippen molar-refractivity contribution in [3.05, 3.63) is 36.4 Å². The first-order valence-electron chi connectivity index (χ1n) is 4.35. The van der Waals surface area contributed by atoms with Crippen LogP contribution in [0.2, 0.25) is 0 Å². The number of halogens is 1. The van der Waals surface area contributed by atoms with Gasteiger partial charge >= 0.3 is 0 Å². The van der Waals surface area contributed by atoms with Crippen LogP contribution in [-0.2, 0) is 0 Å². The van der Waals surface area contributed by atoms with E-state index in [2.05, 4.69) is 20.3 Å². The molecule has 0 radical (unpaired) electrons. The minimum atomic E-state index is -0.317. The number of aromatic amines is 1. The molecule has 2 heterocycles. The first kappa shape index (κ1) is 8.10. The number of benzene rings is 1. The van der Waals surface area contributed by atoms with Gasteiger partial charge in [0.15, 0.2) is 5.82 Å². The van der Waals surface area contributed by atoms with Crippen LogP contribution in [0.1, 0.15) is 0 Å². The van der Waals surface area contributed by atoms with E-state index >= 15 is 0 Å². The van der Waals surface area contributed by atoms with Gasteiger partial charge in [0.1, 0.15) is 12.1 Å². The van der Waals surface area contributed by atoms with Gasteiger partial charge in [-0.25, -0.2) is 8.91 Å².